The van der Waals surface area contributed by atoms with Crippen molar-refractivity contribution in [3.05, 3.63) is 0 Å². The van der Waals surface area contributed by atoms with Gasteiger partial charge in [-0.25, -0.2) is 0 Å². The fraction of sp³-hybridized carbons (Fsp3) is 1.00. The number of hydrogen-bond acceptors (Lipinski definition) is 1. The molecule has 1 aliphatic rings. The van der Waals surface area contributed by atoms with Crippen LogP contribution < -0.4 is 5.32 Å². The number of nitrogens with one attached hydrogen (secondary N) is 1. The van der Waals surface area contributed by atoms with Crippen molar-refractivity contribution in [3.63, 3.8) is 0 Å². The van der Waals surface area contributed by atoms with E-state index >= 15 is 0 Å². The molecule has 0 saturated heterocycles. The van der Waals surface area contributed by atoms with Crippen LogP contribution in [-0.2, 0) is 0 Å². The molecule has 1 fully saturated rings. The molecule has 2 unspecified atom stereocenters. The second kappa shape index (κ2) is 3.78. The van der Waals surface area contributed by atoms with Crippen LogP contribution in [0.4, 0.5) is 0 Å². The van der Waals surface area contributed by atoms with Crippen molar-refractivity contribution in [1.82, 2.24) is 5.32 Å². The van der Waals surface area contributed by atoms with Gasteiger partial charge in [0, 0.05) is 6.04 Å². The molecule has 1 rings (SSSR count). The third-order valence-electron chi connectivity index (χ3n) is 2.73. The van der Waals surface area contributed by atoms with E-state index in [0.717, 1.165) is 12.0 Å². The summed E-state index contributed by atoms with van der Waals surface area (Å²) in [5.74, 6) is 0.991. The minimum Gasteiger partial charge on any atom is -0.314 e. The molecule has 1 nitrogen and oxygen atoms in total. The second-order valence-electron chi connectivity index (χ2n) is 5.28. The van der Waals surface area contributed by atoms with E-state index in [1.165, 1.54) is 25.8 Å². The van der Waals surface area contributed by atoms with E-state index in [0.29, 0.717) is 5.41 Å². The molecule has 12 heavy (non-hydrogen) atoms. The lowest BCUT2D eigenvalue weighted by Gasteiger charge is -2.18. The Bertz CT molecular complexity index is 134. The van der Waals surface area contributed by atoms with Gasteiger partial charge in [0.25, 0.3) is 0 Å². The van der Waals surface area contributed by atoms with Crippen molar-refractivity contribution in [2.24, 2.45) is 11.3 Å². The lowest BCUT2D eigenvalue weighted by molar-refractivity contribution is 0.364. The molecular weight excluding hydrogens is 146 g/mol. The summed E-state index contributed by atoms with van der Waals surface area (Å²) in [6, 6.07) is 0.859. The third kappa shape index (κ3) is 3.57. The minimum atomic E-state index is 0.490. The molecule has 1 aliphatic carbocycles. The molecule has 0 aliphatic heterocycles. The van der Waals surface area contributed by atoms with Gasteiger partial charge < -0.3 is 5.32 Å². The Morgan fingerprint density at radius 3 is 2.42 bits per heavy atom. The van der Waals surface area contributed by atoms with E-state index in [1.54, 1.807) is 0 Å². The molecule has 0 radical (unpaired) electrons. The first kappa shape index (κ1) is 10.0. The van der Waals surface area contributed by atoms with Gasteiger partial charge in [0.2, 0.25) is 0 Å². The monoisotopic (exact) mass is 169 g/mol. The summed E-state index contributed by atoms with van der Waals surface area (Å²) in [7, 11) is 0. The van der Waals surface area contributed by atoms with Gasteiger partial charge in [0.05, 0.1) is 0 Å². The van der Waals surface area contributed by atoms with Crippen LogP contribution in [-0.4, -0.2) is 12.6 Å². The van der Waals surface area contributed by atoms with Crippen LogP contribution in [0.2, 0.25) is 0 Å². The van der Waals surface area contributed by atoms with Crippen molar-refractivity contribution in [1.29, 1.82) is 0 Å². The summed E-state index contributed by atoms with van der Waals surface area (Å²) < 4.78 is 0. The van der Waals surface area contributed by atoms with Gasteiger partial charge in [0.1, 0.15) is 0 Å². The fourth-order valence-corrected chi connectivity index (χ4v) is 1.58. The standard InChI is InChI=1S/C11H23N/c1-5-9-8-10(9)12-7-6-11(2,3)4/h9-10,12H,5-8H2,1-4H3. The molecule has 1 heteroatoms. The van der Waals surface area contributed by atoms with E-state index in [9.17, 15) is 0 Å². The van der Waals surface area contributed by atoms with Gasteiger partial charge >= 0.3 is 0 Å². The highest BCUT2D eigenvalue weighted by atomic mass is 15.0. The molecule has 0 amide bonds. The van der Waals surface area contributed by atoms with Gasteiger partial charge in [-0.1, -0.05) is 34.1 Å². The van der Waals surface area contributed by atoms with Gasteiger partial charge in [-0.15, -0.1) is 0 Å². The SMILES string of the molecule is CCC1CC1NCCC(C)(C)C. The average molecular weight is 169 g/mol. The highest BCUT2D eigenvalue weighted by molar-refractivity contribution is 4.91. The summed E-state index contributed by atoms with van der Waals surface area (Å²) in [4.78, 5) is 0. The van der Waals surface area contributed by atoms with Crippen LogP contribution in [0.1, 0.15) is 47.0 Å². The Balaban J connectivity index is 1.98. The van der Waals surface area contributed by atoms with Crippen LogP contribution >= 0.6 is 0 Å². The van der Waals surface area contributed by atoms with E-state index in [2.05, 4.69) is 33.0 Å². The van der Waals surface area contributed by atoms with Crippen molar-refractivity contribution in [2.75, 3.05) is 6.54 Å². The number of rotatable bonds is 4. The summed E-state index contributed by atoms with van der Waals surface area (Å²) in [5.41, 5.74) is 0.490. The van der Waals surface area contributed by atoms with E-state index in [1.807, 2.05) is 0 Å². The first-order chi connectivity index (χ1) is 5.53. The lowest BCUT2D eigenvalue weighted by Crippen LogP contribution is -2.23. The Labute approximate surface area is 76.9 Å². The molecule has 1 saturated carbocycles. The van der Waals surface area contributed by atoms with Crippen molar-refractivity contribution in [2.45, 2.75) is 53.0 Å². The normalized spacial score (nSPS) is 29.0. The molecule has 0 bridgehead atoms. The van der Waals surface area contributed by atoms with Crippen LogP contribution in [0.15, 0.2) is 0 Å². The second-order valence-corrected chi connectivity index (χ2v) is 5.28. The Kier molecular flexibility index (Phi) is 3.16. The maximum Gasteiger partial charge on any atom is 0.00990 e. The zero-order chi connectivity index (χ0) is 9.19. The fourth-order valence-electron chi connectivity index (χ4n) is 1.58. The Morgan fingerprint density at radius 1 is 1.33 bits per heavy atom. The predicted molar refractivity (Wildman–Crippen MR) is 54.3 cm³/mol. The predicted octanol–water partition coefficient (Wildman–Crippen LogP) is 2.81. The van der Waals surface area contributed by atoms with E-state index in [-0.39, 0.29) is 0 Å². The highest BCUT2D eigenvalue weighted by Crippen LogP contribution is 2.33. The molecule has 0 aromatic rings. The molecular formula is C11H23N. The van der Waals surface area contributed by atoms with Gasteiger partial charge in [0.15, 0.2) is 0 Å². The summed E-state index contributed by atoms with van der Waals surface area (Å²) in [6.45, 7) is 10.4. The molecule has 0 aromatic carbocycles. The molecule has 0 spiro atoms. The Hall–Kier alpha value is -0.0400. The van der Waals surface area contributed by atoms with Crippen molar-refractivity contribution >= 4 is 0 Å². The van der Waals surface area contributed by atoms with Gasteiger partial charge in [-0.3, -0.25) is 0 Å². The van der Waals surface area contributed by atoms with Crippen LogP contribution in [0, 0.1) is 11.3 Å². The van der Waals surface area contributed by atoms with Crippen LogP contribution in [0.5, 0.6) is 0 Å². The molecule has 0 heterocycles. The van der Waals surface area contributed by atoms with Crippen LogP contribution in [0.3, 0.4) is 0 Å². The smallest absolute Gasteiger partial charge is 0.00990 e. The zero-order valence-corrected chi connectivity index (χ0v) is 8.98. The summed E-state index contributed by atoms with van der Waals surface area (Å²) >= 11 is 0. The first-order valence-electron chi connectivity index (χ1n) is 5.26. The largest absolute Gasteiger partial charge is 0.314 e. The topological polar surface area (TPSA) is 12.0 Å². The molecule has 1 N–H and O–H groups in total. The minimum absolute atomic E-state index is 0.490. The number of hydrogen-bond donors (Lipinski definition) is 1. The first-order valence-corrected chi connectivity index (χ1v) is 5.26. The summed E-state index contributed by atoms with van der Waals surface area (Å²) in [5, 5.41) is 3.61. The van der Waals surface area contributed by atoms with E-state index < -0.39 is 0 Å². The quantitative estimate of drug-likeness (QED) is 0.682. The maximum absolute atomic E-state index is 3.61. The summed E-state index contributed by atoms with van der Waals surface area (Å²) in [6.07, 6.45) is 4.06. The molecule has 0 aromatic heterocycles. The van der Waals surface area contributed by atoms with Crippen molar-refractivity contribution < 1.29 is 0 Å². The Morgan fingerprint density at radius 2 is 2.00 bits per heavy atom. The maximum atomic E-state index is 3.61. The van der Waals surface area contributed by atoms with E-state index in [4.69, 9.17) is 0 Å². The van der Waals surface area contributed by atoms with Gasteiger partial charge in [-0.2, -0.15) is 0 Å². The van der Waals surface area contributed by atoms with Gasteiger partial charge in [-0.05, 0) is 30.7 Å². The lowest BCUT2D eigenvalue weighted by atomic mass is 9.92. The average Bonchev–Trinajstić information content (AvgIpc) is 2.64. The van der Waals surface area contributed by atoms with Crippen LogP contribution in [0.25, 0.3) is 0 Å². The molecule has 72 valence electrons. The highest BCUT2D eigenvalue weighted by Gasteiger charge is 2.34. The van der Waals surface area contributed by atoms with Crippen molar-refractivity contribution in [3.8, 4) is 0 Å². The zero-order valence-electron chi connectivity index (χ0n) is 8.98. The third-order valence-corrected chi connectivity index (χ3v) is 2.73. The molecule has 2 atom stereocenters.